The van der Waals surface area contributed by atoms with Gasteiger partial charge in [0, 0.05) is 54.2 Å². The van der Waals surface area contributed by atoms with Crippen molar-refractivity contribution < 1.29 is 4.74 Å². The first-order chi connectivity index (χ1) is 17.6. The lowest BCUT2D eigenvalue weighted by molar-refractivity contribution is 0.177. The number of hydrogen-bond donors (Lipinski definition) is 1. The maximum atomic E-state index is 6.14. The average Bonchev–Trinajstić information content (AvgIpc) is 2.92. The van der Waals surface area contributed by atoms with Gasteiger partial charge in [0.25, 0.3) is 0 Å². The van der Waals surface area contributed by atoms with Crippen molar-refractivity contribution in [2.75, 3.05) is 31.6 Å². The van der Waals surface area contributed by atoms with Gasteiger partial charge in [0.2, 0.25) is 0 Å². The number of likely N-dealkylation sites (tertiary alicyclic amines) is 1. The van der Waals surface area contributed by atoms with Crippen LogP contribution in [0.1, 0.15) is 18.4 Å². The summed E-state index contributed by atoms with van der Waals surface area (Å²) in [6.45, 7) is 5.86. The van der Waals surface area contributed by atoms with Crippen LogP contribution in [-0.2, 0) is 0 Å². The van der Waals surface area contributed by atoms with Gasteiger partial charge in [0.1, 0.15) is 18.2 Å². The molecule has 5 rings (SSSR count). The molecule has 184 valence electrons. The van der Waals surface area contributed by atoms with E-state index in [1.165, 1.54) is 0 Å². The van der Waals surface area contributed by atoms with Crippen molar-refractivity contribution in [3.8, 4) is 28.1 Å². The first-order valence-electron chi connectivity index (χ1n) is 12.5. The smallest absolute Gasteiger partial charge is 0.126 e. The Labute approximate surface area is 218 Å². The molecule has 0 spiro atoms. The molecule has 0 bridgehead atoms. The molecular formula is C30H31ClN4O. The van der Waals surface area contributed by atoms with E-state index in [-0.39, 0.29) is 0 Å². The van der Waals surface area contributed by atoms with Gasteiger partial charge in [-0.1, -0.05) is 35.9 Å². The number of nitrogens with zero attached hydrogens (tertiary/aromatic N) is 3. The number of anilines is 1. The molecule has 2 aromatic carbocycles. The fraction of sp³-hybridized carbons (Fsp3) is 0.267. The molecule has 3 heterocycles. The van der Waals surface area contributed by atoms with Crippen LogP contribution in [0.4, 0.5) is 5.82 Å². The van der Waals surface area contributed by atoms with Crippen LogP contribution < -0.4 is 10.1 Å². The number of halogens is 1. The zero-order valence-electron chi connectivity index (χ0n) is 20.5. The van der Waals surface area contributed by atoms with Crippen LogP contribution in [0.3, 0.4) is 0 Å². The van der Waals surface area contributed by atoms with Gasteiger partial charge >= 0.3 is 0 Å². The van der Waals surface area contributed by atoms with Crippen molar-refractivity contribution in [2.45, 2.75) is 25.8 Å². The minimum absolute atomic E-state index is 0.487. The second-order valence-electron chi connectivity index (χ2n) is 9.24. The third kappa shape index (κ3) is 6.23. The first kappa shape index (κ1) is 24.3. The minimum atomic E-state index is 0.487. The number of piperidine rings is 1. The summed E-state index contributed by atoms with van der Waals surface area (Å²) in [6, 6.07) is 24.7. The SMILES string of the molecule is Cc1cc(-c2ccc(-c3ccc(Cl)cc3)cn2)ccc1OCCN1CCC(Nc2ccccn2)CC1. The Kier molecular flexibility index (Phi) is 7.79. The number of nitrogens with one attached hydrogen (secondary N) is 1. The van der Waals surface area contributed by atoms with Gasteiger partial charge < -0.3 is 10.1 Å². The zero-order valence-corrected chi connectivity index (χ0v) is 21.3. The van der Waals surface area contributed by atoms with Crippen LogP contribution in [0.2, 0.25) is 5.02 Å². The van der Waals surface area contributed by atoms with E-state index in [1.54, 1.807) is 0 Å². The zero-order chi connectivity index (χ0) is 24.7. The van der Waals surface area contributed by atoms with Gasteiger partial charge in [0.05, 0.1) is 5.69 Å². The number of pyridine rings is 2. The standard InChI is InChI=1S/C30H31ClN4O/c1-22-20-24(28-11-7-25(21-33-28)23-5-9-26(31)10-6-23)8-12-29(22)36-19-18-35-16-13-27(14-17-35)34-30-4-2-3-15-32-30/h2-12,15,20-21,27H,13-14,16-19H2,1H3,(H,32,34). The van der Waals surface area contributed by atoms with Crippen LogP contribution in [0, 0.1) is 6.92 Å². The summed E-state index contributed by atoms with van der Waals surface area (Å²) in [5.74, 6) is 1.90. The number of hydrogen-bond acceptors (Lipinski definition) is 5. The monoisotopic (exact) mass is 498 g/mol. The summed E-state index contributed by atoms with van der Waals surface area (Å²) < 4.78 is 6.14. The van der Waals surface area contributed by atoms with Crippen LogP contribution in [0.5, 0.6) is 5.75 Å². The van der Waals surface area contributed by atoms with Crippen LogP contribution in [0.15, 0.2) is 85.2 Å². The highest BCUT2D eigenvalue weighted by atomic mass is 35.5. The van der Waals surface area contributed by atoms with Crippen molar-refractivity contribution >= 4 is 17.4 Å². The van der Waals surface area contributed by atoms with Crippen molar-refractivity contribution in [2.24, 2.45) is 0 Å². The summed E-state index contributed by atoms with van der Waals surface area (Å²) in [5, 5.41) is 4.28. The van der Waals surface area contributed by atoms with Crippen LogP contribution >= 0.6 is 11.6 Å². The second-order valence-corrected chi connectivity index (χ2v) is 9.68. The molecule has 0 saturated carbocycles. The van der Waals surface area contributed by atoms with Gasteiger partial charge in [-0.2, -0.15) is 0 Å². The number of aryl methyl sites for hydroxylation is 1. The molecule has 5 nitrogen and oxygen atoms in total. The van der Waals surface area contributed by atoms with E-state index in [0.717, 1.165) is 77.0 Å². The van der Waals surface area contributed by atoms with E-state index in [0.29, 0.717) is 12.6 Å². The van der Waals surface area contributed by atoms with E-state index >= 15 is 0 Å². The Balaban J connectivity index is 1.10. The molecule has 0 atom stereocenters. The Morgan fingerprint density at radius 2 is 1.69 bits per heavy atom. The van der Waals surface area contributed by atoms with Gasteiger partial charge in [-0.25, -0.2) is 4.98 Å². The molecule has 0 amide bonds. The maximum absolute atomic E-state index is 6.14. The molecular weight excluding hydrogens is 468 g/mol. The summed E-state index contributed by atoms with van der Waals surface area (Å²) in [5.41, 5.74) is 5.33. The Morgan fingerprint density at radius 3 is 2.39 bits per heavy atom. The Hall–Kier alpha value is -3.41. The van der Waals surface area contributed by atoms with Crippen LogP contribution in [-0.4, -0.2) is 47.2 Å². The van der Waals surface area contributed by atoms with E-state index in [4.69, 9.17) is 16.3 Å². The molecule has 0 aliphatic carbocycles. The molecule has 4 aromatic rings. The lowest BCUT2D eigenvalue weighted by atomic mass is 10.0. The molecule has 0 radical (unpaired) electrons. The molecule has 6 heteroatoms. The van der Waals surface area contributed by atoms with Gasteiger partial charge in [-0.15, -0.1) is 0 Å². The van der Waals surface area contributed by atoms with Crippen LogP contribution in [0.25, 0.3) is 22.4 Å². The molecule has 1 fully saturated rings. The number of rotatable bonds is 8. The quantitative estimate of drug-likeness (QED) is 0.292. The Bertz CT molecular complexity index is 1250. The van der Waals surface area contributed by atoms with Crippen molar-refractivity contribution in [1.82, 2.24) is 14.9 Å². The van der Waals surface area contributed by atoms with Gasteiger partial charge in [-0.3, -0.25) is 9.88 Å². The summed E-state index contributed by atoms with van der Waals surface area (Å²) in [4.78, 5) is 11.5. The van der Waals surface area contributed by atoms with Crippen molar-refractivity contribution in [3.63, 3.8) is 0 Å². The molecule has 0 unspecified atom stereocenters. The van der Waals surface area contributed by atoms with Gasteiger partial charge in [-0.05, 0) is 79.4 Å². The molecule has 1 saturated heterocycles. The Morgan fingerprint density at radius 1 is 0.917 bits per heavy atom. The summed E-state index contributed by atoms with van der Waals surface area (Å²) in [6.07, 6.45) is 5.98. The van der Waals surface area contributed by atoms with Crippen molar-refractivity contribution in [3.05, 3.63) is 95.8 Å². The molecule has 1 N–H and O–H groups in total. The third-order valence-electron chi connectivity index (χ3n) is 6.68. The molecule has 2 aromatic heterocycles. The number of benzene rings is 2. The second kappa shape index (κ2) is 11.5. The predicted octanol–water partition coefficient (Wildman–Crippen LogP) is 6.73. The van der Waals surface area contributed by atoms with E-state index in [1.807, 2.05) is 54.9 Å². The van der Waals surface area contributed by atoms with E-state index in [9.17, 15) is 0 Å². The first-order valence-corrected chi connectivity index (χ1v) is 12.9. The molecule has 1 aliphatic rings. The molecule has 1 aliphatic heterocycles. The van der Waals surface area contributed by atoms with Crippen molar-refractivity contribution in [1.29, 1.82) is 0 Å². The largest absolute Gasteiger partial charge is 0.492 e. The fourth-order valence-electron chi connectivity index (χ4n) is 4.59. The average molecular weight is 499 g/mol. The predicted molar refractivity (Wildman–Crippen MR) is 148 cm³/mol. The maximum Gasteiger partial charge on any atom is 0.126 e. The summed E-state index contributed by atoms with van der Waals surface area (Å²) in [7, 11) is 0. The van der Waals surface area contributed by atoms with E-state index < -0.39 is 0 Å². The topological polar surface area (TPSA) is 50.3 Å². The third-order valence-corrected chi connectivity index (χ3v) is 6.93. The highest BCUT2D eigenvalue weighted by Gasteiger charge is 2.19. The highest BCUT2D eigenvalue weighted by Crippen LogP contribution is 2.27. The normalized spacial score (nSPS) is 14.5. The summed E-state index contributed by atoms with van der Waals surface area (Å²) >= 11 is 6.00. The highest BCUT2D eigenvalue weighted by molar-refractivity contribution is 6.30. The number of ether oxygens (including phenoxy) is 1. The minimum Gasteiger partial charge on any atom is -0.492 e. The molecule has 36 heavy (non-hydrogen) atoms. The lowest BCUT2D eigenvalue weighted by Crippen LogP contribution is -2.41. The fourth-order valence-corrected chi connectivity index (χ4v) is 4.72. The van der Waals surface area contributed by atoms with Gasteiger partial charge in [0.15, 0.2) is 0 Å². The van der Waals surface area contributed by atoms with E-state index in [2.05, 4.69) is 57.4 Å². The number of aromatic nitrogens is 2. The lowest BCUT2D eigenvalue weighted by Gasteiger charge is -2.32.